The number of hydrogen-bond donors (Lipinski definition) is 1. The molecule has 1 aromatic heterocycles. The molecular weight excluding hydrogens is 332 g/mol. The summed E-state index contributed by atoms with van der Waals surface area (Å²) >= 11 is 0. The van der Waals surface area contributed by atoms with Gasteiger partial charge in [0.1, 0.15) is 18.6 Å². The zero-order valence-corrected chi connectivity index (χ0v) is 15.2. The van der Waals surface area contributed by atoms with Crippen LogP contribution in [0.5, 0.6) is 0 Å². The summed E-state index contributed by atoms with van der Waals surface area (Å²) in [5, 5.41) is 19.0. The highest BCUT2D eigenvalue weighted by atomic mass is 16.3. The monoisotopic (exact) mass is 356 g/mol. The Kier molecular flexibility index (Phi) is 5.47. The van der Waals surface area contributed by atoms with Gasteiger partial charge in [-0.15, -0.1) is 0 Å². The molecule has 138 valence electrons. The van der Waals surface area contributed by atoms with Crippen molar-refractivity contribution >= 4 is 17.8 Å². The van der Waals surface area contributed by atoms with Crippen LogP contribution >= 0.6 is 0 Å². The summed E-state index contributed by atoms with van der Waals surface area (Å²) in [4.78, 5) is 29.2. The first kappa shape index (κ1) is 18.3. The van der Waals surface area contributed by atoms with Crippen LogP contribution in [-0.4, -0.2) is 64.7 Å². The van der Waals surface area contributed by atoms with Crippen LogP contribution in [0.15, 0.2) is 11.3 Å². The minimum atomic E-state index is -0.150. The maximum absolute atomic E-state index is 12.1. The lowest BCUT2D eigenvalue weighted by Crippen LogP contribution is -2.54. The largest absolute Gasteiger partial charge is 0.394 e. The summed E-state index contributed by atoms with van der Waals surface area (Å²) in [6.07, 6.45) is 4.99. The van der Waals surface area contributed by atoms with E-state index in [9.17, 15) is 9.90 Å². The quantitative estimate of drug-likeness (QED) is 0.759. The van der Waals surface area contributed by atoms with E-state index < -0.39 is 0 Å². The van der Waals surface area contributed by atoms with E-state index in [4.69, 9.17) is 5.26 Å². The fourth-order valence-electron chi connectivity index (χ4n) is 3.65. The number of amides is 1. The molecule has 1 fully saturated rings. The van der Waals surface area contributed by atoms with Crippen molar-refractivity contribution in [1.82, 2.24) is 14.9 Å². The van der Waals surface area contributed by atoms with Crippen molar-refractivity contribution in [2.75, 3.05) is 31.6 Å². The number of piperidine rings is 1. The van der Waals surface area contributed by atoms with Gasteiger partial charge in [-0.25, -0.2) is 9.97 Å². The molecule has 1 unspecified atom stereocenters. The van der Waals surface area contributed by atoms with Gasteiger partial charge in [0, 0.05) is 20.1 Å². The summed E-state index contributed by atoms with van der Waals surface area (Å²) in [6.45, 7) is 3.44. The molecule has 0 spiro atoms. The molecule has 2 aliphatic rings. The fraction of sp³-hybridized carbons (Fsp3) is 0.611. The minimum absolute atomic E-state index is 0.000733. The highest BCUT2D eigenvalue weighted by Crippen LogP contribution is 2.23. The van der Waals surface area contributed by atoms with Crippen LogP contribution in [0.4, 0.5) is 5.82 Å². The van der Waals surface area contributed by atoms with Crippen molar-refractivity contribution in [3.63, 3.8) is 0 Å². The van der Waals surface area contributed by atoms with Gasteiger partial charge < -0.3 is 14.9 Å². The molecule has 8 nitrogen and oxygen atoms in total. The van der Waals surface area contributed by atoms with E-state index in [-0.39, 0.29) is 31.0 Å². The van der Waals surface area contributed by atoms with E-state index in [2.05, 4.69) is 26.8 Å². The maximum atomic E-state index is 12.1. The second-order valence-corrected chi connectivity index (χ2v) is 6.96. The van der Waals surface area contributed by atoms with Crippen LogP contribution in [0.3, 0.4) is 0 Å². The molecule has 0 bridgehead atoms. The molecule has 26 heavy (non-hydrogen) atoms. The standard InChI is InChI=1S/C18H24N6O2/c1-12-6-8-24(16(26)5-7-19)9-15(12)23(2)18-14-4-3-13(10-25)22-17(14)20-11-21-18/h4,11-13,15,25H,3,5-6,8-10H2,1-2H3/t12-,13?,15+/m1/s1. The Balaban J connectivity index is 1.89. The lowest BCUT2D eigenvalue weighted by Gasteiger charge is -2.42. The van der Waals surface area contributed by atoms with Gasteiger partial charge in [-0.2, -0.15) is 5.26 Å². The molecule has 8 heteroatoms. The van der Waals surface area contributed by atoms with Gasteiger partial charge in [-0.1, -0.05) is 13.0 Å². The number of aromatic nitrogens is 2. The Morgan fingerprint density at radius 2 is 2.31 bits per heavy atom. The Bertz CT molecular complexity index is 833. The van der Waals surface area contributed by atoms with Crippen molar-refractivity contribution in [3.8, 4) is 6.07 Å². The maximum Gasteiger partial charge on any atom is 0.236 e. The lowest BCUT2D eigenvalue weighted by atomic mass is 9.92. The molecule has 0 radical (unpaired) electrons. The number of hydrogen-bond acceptors (Lipinski definition) is 7. The van der Waals surface area contributed by atoms with Gasteiger partial charge in [0.25, 0.3) is 0 Å². The molecule has 3 rings (SSSR count). The highest BCUT2D eigenvalue weighted by Gasteiger charge is 2.32. The number of nitriles is 1. The summed E-state index contributed by atoms with van der Waals surface area (Å²) < 4.78 is 0. The Labute approximate surface area is 152 Å². The molecule has 1 saturated heterocycles. The number of aliphatic hydroxyl groups is 1. The van der Waals surface area contributed by atoms with E-state index in [1.807, 2.05) is 19.2 Å². The Morgan fingerprint density at radius 3 is 3.04 bits per heavy atom. The van der Waals surface area contributed by atoms with Crippen LogP contribution in [0.1, 0.15) is 26.2 Å². The normalized spacial score (nSPS) is 24.7. The van der Waals surface area contributed by atoms with Crippen molar-refractivity contribution < 1.29 is 9.90 Å². The number of aliphatic hydroxyl groups excluding tert-OH is 1. The second kappa shape index (κ2) is 7.79. The molecule has 2 aliphatic heterocycles. The number of anilines is 1. The molecule has 0 aliphatic carbocycles. The fourth-order valence-corrected chi connectivity index (χ4v) is 3.65. The zero-order chi connectivity index (χ0) is 18.7. The van der Waals surface area contributed by atoms with E-state index in [0.717, 1.165) is 17.5 Å². The average Bonchev–Trinajstić information content (AvgIpc) is 2.67. The van der Waals surface area contributed by atoms with Gasteiger partial charge in [0.2, 0.25) is 5.91 Å². The number of carbonyl (C=O) groups excluding carboxylic acids is 1. The van der Waals surface area contributed by atoms with Crippen molar-refractivity contribution in [3.05, 3.63) is 17.0 Å². The van der Waals surface area contributed by atoms with Crippen molar-refractivity contribution in [1.29, 1.82) is 5.26 Å². The first-order valence-corrected chi connectivity index (χ1v) is 8.92. The molecule has 3 heterocycles. The second-order valence-electron chi connectivity index (χ2n) is 6.96. The van der Waals surface area contributed by atoms with Gasteiger partial charge in [0.05, 0.1) is 30.0 Å². The van der Waals surface area contributed by atoms with Crippen molar-refractivity contribution in [2.45, 2.75) is 38.3 Å². The smallest absolute Gasteiger partial charge is 0.236 e. The lowest BCUT2D eigenvalue weighted by molar-refractivity contribution is -0.131. The predicted molar refractivity (Wildman–Crippen MR) is 95.6 cm³/mol. The van der Waals surface area contributed by atoms with Gasteiger partial charge >= 0.3 is 0 Å². The van der Waals surface area contributed by atoms with Gasteiger partial charge in [-0.05, 0) is 18.8 Å². The minimum Gasteiger partial charge on any atom is -0.394 e. The molecule has 1 aromatic rings. The Hall–Kier alpha value is -2.53. The average molecular weight is 356 g/mol. The number of likely N-dealkylation sites (tertiary alicyclic amines) is 1. The number of fused-ring (bicyclic) bond motifs is 1. The summed E-state index contributed by atoms with van der Waals surface area (Å²) in [7, 11) is 1.98. The van der Waals surface area contributed by atoms with E-state index in [1.165, 1.54) is 6.33 Å². The van der Waals surface area contributed by atoms with Gasteiger partial charge in [-0.3, -0.25) is 9.79 Å². The van der Waals surface area contributed by atoms with Crippen LogP contribution in [0, 0.1) is 17.2 Å². The topological polar surface area (TPSA) is 106 Å². The molecule has 0 aromatic carbocycles. The SMILES string of the molecule is C[C@@H]1CCN(C(=O)CC#N)C[C@@H]1N(C)c1ncnc2c1=CCC(CO)N=2. The third-order valence-electron chi connectivity index (χ3n) is 5.28. The van der Waals surface area contributed by atoms with Crippen LogP contribution in [0.2, 0.25) is 0 Å². The number of carbonyl (C=O) groups is 1. The molecule has 1 N–H and O–H groups in total. The molecule has 3 atom stereocenters. The number of rotatable bonds is 4. The zero-order valence-electron chi connectivity index (χ0n) is 15.2. The van der Waals surface area contributed by atoms with Crippen molar-refractivity contribution in [2.24, 2.45) is 10.9 Å². The third kappa shape index (κ3) is 3.53. The van der Waals surface area contributed by atoms with E-state index in [1.54, 1.807) is 4.90 Å². The van der Waals surface area contributed by atoms with E-state index >= 15 is 0 Å². The van der Waals surface area contributed by atoms with Crippen LogP contribution in [0.25, 0.3) is 6.08 Å². The summed E-state index contributed by atoms with van der Waals surface area (Å²) in [6, 6.07) is 1.90. The predicted octanol–water partition coefficient (Wildman–Crippen LogP) is -0.772. The first-order chi connectivity index (χ1) is 12.5. The number of likely N-dealkylation sites (N-methyl/N-ethyl adjacent to an activating group) is 1. The van der Waals surface area contributed by atoms with E-state index in [0.29, 0.717) is 30.9 Å². The third-order valence-corrected chi connectivity index (χ3v) is 5.28. The van der Waals surface area contributed by atoms with Crippen LogP contribution in [-0.2, 0) is 4.79 Å². The molecule has 0 saturated carbocycles. The Morgan fingerprint density at radius 1 is 1.50 bits per heavy atom. The van der Waals surface area contributed by atoms with Gasteiger partial charge in [0.15, 0.2) is 5.49 Å². The van der Waals surface area contributed by atoms with Crippen LogP contribution < -0.4 is 15.6 Å². The first-order valence-electron chi connectivity index (χ1n) is 8.92. The molecule has 1 amide bonds. The highest BCUT2D eigenvalue weighted by molar-refractivity contribution is 5.78. The summed E-state index contributed by atoms with van der Waals surface area (Å²) in [5.41, 5.74) is 0.605. The number of nitrogens with zero attached hydrogens (tertiary/aromatic N) is 6. The summed E-state index contributed by atoms with van der Waals surface area (Å²) in [5.74, 6) is 1.07. The molecular formula is C18H24N6O2.